The highest BCUT2D eigenvalue weighted by Crippen LogP contribution is 2.45. The molecular weight excluding hydrogens is 578 g/mol. The minimum atomic E-state index is -0.559. The summed E-state index contributed by atoms with van der Waals surface area (Å²) in [6.45, 7) is 4.84. The molecule has 1 saturated carbocycles. The van der Waals surface area contributed by atoms with Gasteiger partial charge in [-0.1, -0.05) is 36.4 Å². The van der Waals surface area contributed by atoms with Gasteiger partial charge in [-0.15, -0.1) is 0 Å². The number of hydrogen-bond donors (Lipinski definition) is 2. The van der Waals surface area contributed by atoms with Gasteiger partial charge in [0.25, 0.3) is 0 Å². The number of esters is 1. The SMILES string of the molecule is CCNC(=O)Nc1ncnc2c1ncn2C1CC(COCc2ncccc2C(=O)OCC)C2O[C@H](/C=C/c3ccccc3)OC21. The number of rotatable bonds is 11. The number of carbonyl (C=O) groups excluding carboxylic acids is 2. The van der Waals surface area contributed by atoms with Crippen LogP contribution in [0.25, 0.3) is 17.2 Å². The zero-order valence-electron chi connectivity index (χ0n) is 25.0. The van der Waals surface area contributed by atoms with Gasteiger partial charge in [0, 0.05) is 18.7 Å². The highest BCUT2D eigenvalue weighted by atomic mass is 16.7. The van der Waals surface area contributed by atoms with Gasteiger partial charge in [-0.05, 0) is 44.0 Å². The molecule has 6 rings (SSSR count). The molecule has 2 N–H and O–H groups in total. The number of nitrogens with one attached hydrogen (secondary N) is 2. The van der Waals surface area contributed by atoms with Crippen LogP contribution in [0.2, 0.25) is 0 Å². The Bertz CT molecular complexity index is 1660. The fourth-order valence-corrected chi connectivity index (χ4v) is 5.80. The number of nitrogens with zero attached hydrogens (tertiary/aromatic N) is 5. The van der Waals surface area contributed by atoms with E-state index in [1.54, 1.807) is 31.6 Å². The first kappa shape index (κ1) is 30.3. The van der Waals surface area contributed by atoms with Crippen LogP contribution >= 0.6 is 0 Å². The highest BCUT2D eigenvalue weighted by Gasteiger charge is 2.52. The Morgan fingerprint density at radius 1 is 1.04 bits per heavy atom. The topological polar surface area (TPSA) is 152 Å². The lowest BCUT2D eigenvalue weighted by atomic mass is 10.1. The lowest BCUT2D eigenvalue weighted by Crippen LogP contribution is -2.29. The molecule has 2 fully saturated rings. The normalized spacial score (nSPS) is 22.5. The molecule has 1 aromatic carbocycles. The standard InChI is InChI=1S/C32H35N7O6/c1-3-33-32(41)38-29-26-30(36-18-35-29)39(19-37-26)24-15-21(16-42-17-23-22(11-8-14-34-23)31(40)43-4-2)27-28(24)45-25(44-27)13-12-20-9-6-5-7-10-20/h5-14,18-19,21,24-25,27-28H,3-4,15-17H2,1-2H3,(H2,33,35,36,38,41)/b13-12+/t21?,24?,25-,27?,28?/m0/s1. The van der Waals surface area contributed by atoms with E-state index in [4.69, 9.17) is 18.9 Å². The van der Waals surface area contributed by atoms with Gasteiger partial charge < -0.3 is 28.8 Å². The lowest BCUT2D eigenvalue weighted by Gasteiger charge is -2.19. The second kappa shape index (κ2) is 13.9. The van der Waals surface area contributed by atoms with Gasteiger partial charge >= 0.3 is 12.0 Å². The van der Waals surface area contributed by atoms with E-state index in [9.17, 15) is 9.59 Å². The summed E-state index contributed by atoms with van der Waals surface area (Å²) in [6.07, 6.45) is 8.11. The maximum atomic E-state index is 12.4. The third kappa shape index (κ3) is 6.70. The van der Waals surface area contributed by atoms with Gasteiger partial charge in [0.15, 0.2) is 23.3 Å². The van der Waals surface area contributed by atoms with E-state index in [0.717, 1.165) is 5.56 Å². The smallest absolute Gasteiger partial charge is 0.340 e. The highest BCUT2D eigenvalue weighted by molar-refractivity contribution is 5.95. The maximum Gasteiger partial charge on any atom is 0.340 e. The van der Waals surface area contributed by atoms with Crippen molar-refractivity contribution in [2.75, 3.05) is 25.1 Å². The van der Waals surface area contributed by atoms with Gasteiger partial charge in [0.1, 0.15) is 12.4 Å². The monoisotopic (exact) mass is 613 g/mol. The number of benzene rings is 1. The Labute approximate surface area is 260 Å². The van der Waals surface area contributed by atoms with E-state index in [0.29, 0.717) is 47.8 Å². The summed E-state index contributed by atoms with van der Waals surface area (Å²) in [5.41, 5.74) is 2.98. The molecule has 1 aliphatic carbocycles. The zero-order chi connectivity index (χ0) is 31.2. The van der Waals surface area contributed by atoms with Crippen LogP contribution in [0.15, 0.2) is 67.4 Å². The number of hydrogen-bond acceptors (Lipinski definition) is 10. The molecular formula is C32H35N7O6. The molecule has 0 radical (unpaired) electrons. The van der Waals surface area contributed by atoms with Crippen molar-refractivity contribution in [3.8, 4) is 0 Å². The molecule has 4 unspecified atom stereocenters. The van der Waals surface area contributed by atoms with Crippen LogP contribution in [-0.4, -0.2) is 74.8 Å². The number of fused-ring (bicyclic) bond motifs is 2. The van der Waals surface area contributed by atoms with Crippen LogP contribution in [0.1, 0.15) is 47.9 Å². The van der Waals surface area contributed by atoms with E-state index in [2.05, 4.69) is 30.6 Å². The largest absolute Gasteiger partial charge is 0.462 e. The van der Waals surface area contributed by atoms with Crippen molar-refractivity contribution in [3.63, 3.8) is 0 Å². The fourth-order valence-electron chi connectivity index (χ4n) is 5.80. The molecule has 234 valence electrons. The van der Waals surface area contributed by atoms with E-state index in [1.807, 2.05) is 54.0 Å². The summed E-state index contributed by atoms with van der Waals surface area (Å²) < 4.78 is 26.2. The van der Waals surface area contributed by atoms with E-state index in [-0.39, 0.29) is 43.4 Å². The summed E-state index contributed by atoms with van der Waals surface area (Å²) in [4.78, 5) is 42.3. The average molecular weight is 614 g/mol. The Morgan fingerprint density at radius 3 is 2.71 bits per heavy atom. The molecule has 0 bridgehead atoms. The molecule has 4 heterocycles. The summed E-state index contributed by atoms with van der Waals surface area (Å²) in [5.74, 6) is -0.156. The Morgan fingerprint density at radius 2 is 1.89 bits per heavy atom. The summed E-state index contributed by atoms with van der Waals surface area (Å²) >= 11 is 0. The number of pyridine rings is 1. The van der Waals surface area contributed by atoms with E-state index >= 15 is 0 Å². The van der Waals surface area contributed by atoms with Crippen LogP contribution in [0, 0.1) is 5.92 Å². The first-order valence-corrected chi connectivity index (χ1v) is 15.0. The Kier molecular flexibility index (Phi) is 9.38. The molecule has 45 heavy (non-hydrogen) atoms. The molecule has 0 spiro atoms. The minimum Gasteiger partial charge on any atom is -0.462 e. The van der Waals surface area contributed by atoms with Crippen LogP contribution in [0.3, 0.4) is 0 Å². The number of anilines is 1. The quantitative estimate of drug-likeness (QED) is 0.236. The predicted molar refractivity (Wildman–Crippen MR) is 164 cm³/mol. The van der Waals surface area contributed by atoms with Crippen LogP contribution < -0.4 is 10.6 Å². The van der Waals surface area contributed by atoms with Crippen molar-refractivity contribution in [1.82, 2.24) is 29.8 Å². The molecule has 1 saturated heterocycles. The number of urea groups is 1. The van der Waals surface area contributed by atoms with Crippen molar-refractivity contribution >= 4 is 35.1 Å². The lowest BCUT2D eigenvalue weighted by molar-refractivity contribution is -0.0587. The summed E-state index contributed by atoms with van der Waals surface area (Å²) in [7, 11) is 0. The Hall–Kier alpha value is -4.72. The van der Waals surface area contributed by atoms with E-state index in [1.165, 1.54) is 6.33 Å². The molecule has 13 nitrogen and oxygen atoms in total. The molecule has 13 heteroatoms. The molecule has 3 aromatic heterocycles. The van der Waals surface area contributed by atoms with Crippen LogP contribution in [0.4, 0.5) is 10.6 Å². The van der Waals surface area contributed by atoms with E-state index < -0.39 is 12.3 Å². The molecule has 1 aliphatic heterocycles. The number of carbonyl (C=O) groups is 2. The average Bonchev–Trinajstić information content (AvgIpc) is 3.76. The number of imidazole rings is 1. The van der Waals surface area contributed by atoms with Crippen molar-refractivity contribution in [3.05, 3.63) is 84.2 Å². The van der Waals surface area contributed by atoms with Crippen molar-refractivity contribution < 1.29 is 28.5 Å². The second-order valence-corrected chi connectivity index (χ2v) is 10.7. The van der Waals surface area contributed by atoms with Crippen LogP contribution in [-0.2, 0) is 25.6 Å². The van der Waals surface area contributed by atoms with Gasteiger partial charge in [-0.3, -0.25) is 10.3 Å². The molecule has 5 atom stereocenters. The van der Waals surface area contributed by atoms with Gasteiger partial charge in [-0.25, -0.2) is 24.5 Å². The third-order valence-corrected chi connectivity index (χ3v) is 7.78. The second-order valence-electron chi connectivity index (χ2n) is 10.7. The van der Waals surface area contributed by atoms with Gasteiger partial charge in [-0.2, -0.15) is 0 Å². The van der Waals surface area contributed by atoms with Crippen molar-refractivity contribution in [2.24, 2.45) is 5.92 Å². The van der Waals surface area contributed by atoms with Crippen molar-refractivity contribution in [1.29, 1.82) is 0 Å². The number of ether oxygens (including phenoxy) is 4. The number of aromatic nitrogens is 5. The zero-order valence-corrected chi connectivity index (χ0v) is 25.0. The fraction of sp³-hybridized carbons (Fsp3) is 0.375. The van der Waals surface area contributed by atoms with Gasteiger partial charge in [0.05, 0.1) is 49.6 Å². The maximum absolute atomic E-state index is 12.4. The number of amides is 2. The Balaban J connectivity index is 1.23. The first-order chi connectivity index (χ1) is 22.1. The van der Waals surface area contributed by atoms with Gasteiger partial charge in [0.2, 0.25) is 0 Å². The minimum absolute atomic E-state index is 0.0444. The summed E-state index contributed by atoms with van der Waals surface area (Å²) in [6, 6.07) is 12.8. The van der Waals surface area contributed by atoms with Crippen LogP contribution in [0.5, 0.6) is 0 Å². The molecule has 4 aromatic rings. The summed E-state index contributed by atoms with van der Waals surface area (Å²) in [5, 5.41) is 5.45. The first-order valence-electron chi connectivity index (χ1n) is 15.0. The molecule has 2 aliphatic rings. The predicted octanol–water partition coefficient (Wildman–Crippen LogP) is 4.14. The molecule has 2 amide bonds. The third-order valence-electron chi connectivity index (χ3n) is 7.78. The van der Waals surface area contributed by atoms with Crippen molar-refractivity contribution in [2.45, 2.75) is 51.4 Å².